The van der Waals surface area contributed by atoms with Crippen LogP contribution >= 0.6 is 0 Å². The van der Waals surface area contributed by atoms with Crippen molar-refractivity contribution in [3.63, 3.8) is 0 Å². The Bertz CT molecular complexity index is 482. The third kappa shape index (κ3) is 3.55. The first-order valence-electron chi connectivity index (χ1n) is 6.94. The molecule has 3 heteroatoms. The van der Waals surface area contributed by atoms with E-state index in [4.69, 9.17) is 0 Å². The fourth-order valence-corrected chi connectivity index (χ4v) is 2.90. The number of halogens is 1. The second-order valence-electron chi connectivity index (χ2n) is 6.41. The number of carbonyl (C=O) groups is 1. The molecular formula is C16H22FNO. The van der Waals surface area contributed by atoms with Gasteiger partial charge in [0.1, 0.15) is 5.82 Å². The molecule has 0 aromatic heterocycles. The van der Waals surface area contributed by atoms with E-state index in [2.05, 4.69) is 19.2 Å². The fraction of sp³-hybridized carbons (Fsp3) is 0.562. The van der Waals surface area contributed by atoms with Crippen LogP contribution in [0.4, 0.5) is 4.39 Å². The first kappa shape index (κ1) is 14.0. The molecule has 0 bridgehead atoms. The summed E-state index contributed by atoms with van der Waals surface area (Å²) in [5.74, 6) is -0.734. The zero-order chi connectivity index (χ0) is 14.0. The van der Waals surface area contributed by atoms with Crippen molar-refractivity contribution in [3.05, 3.63) is 35.1 Å². The van der Waals surface area contributed by atoms with Gasteiger partial charge in [-0.3, -0.25) is 4.79 Å². The molecule has 1 saturated carbocycles. The van der Waals surface area contributed by atoms with Crippen LogP contribution in [-0.4, -0.2) is 11.9 Å². The molecular weight excluding hydrogens is 241 g/mol. The third-order valence-corrected chi connectivity index (χ3v) is 3.91. The van der Waals surface area contributed by atoms with Crippen LogP contribution in [0.3, 0.4) is 0 Å². The summed E-state index contributed by atoms with van der Waals surface area (Å²) >= 11 is 0. The van der Waals surface area contributed by atoms with Gasteiger partial charge in [0.15, 0.2) is 0 Å². The smallest absolute Gasteiger partial charge is 0.254 e. The Morgan fingerprint density at radius 3 is 2.84 bits per heavy atom. The van der Waals surface area contributed by atoms with E-state index < -0.39 is 5.82 Å². The average molecular weight is 263 g/mol. The van der Waals surface area contributed by atoms with Gasteiger partial charge >= 0.3 is 0 Å². The highest BCUT2D eigenvalue weighted by Crippen LogP contribution is 2.35. The van der Waals surface area contributed by atoms with Gasteiger partial charge in [-0.2, -0.15) is 0 Å². The number of benzene rings is 1. The van der Waals surface area contributed by atoms with Crippen LogP contribution < -0.4 is 5.32 Å². The van der Waals surface area contributed by atoms with Crippen molar-refractivity contribution in [2.24, 2.45) is 5.41 Å². The molecule has 0 aliphatic heterocycles. The Morgan fingerprint density at radius 2 is 2.16 bits per heavy atom. The summed E-state index contributed by atoms with van der Waals surface area (Å²) in [5, 5.41) is 2.98. The van der Waals surface area contributed by atoms with Gasteiger partial charge in [-0.15, -0.1) is 0 Å². The predicted molar refractivity (Wildman–Crippen MR) is 74.6 cm³/mol. The van der Waals surface area contributed by atoms with Crippen LogP contribution in [0.2, 0.25) is 0 Å². The molecule has 0 spiro atoms. The van der Waals surface area contributed by atoms with Crippen molar-refractivity contribution in [2.45, 2.75) is 52.5 Å². The van der Waals surface area contributed by atoms with Gasteiger partial charge < -0.3 is 5.32 Å². The molecule has 0 saturated heterocycles. The molecule has 1 fully saturated rings. The fourth-order valence-electron chi connectivity index (χ4n) is 2.90. The second kappa shape index (κ2) is 5.32. The lowest BCUT2D eigenvalue weighted by molar-refractivity contribution is 0.0898. The molecule has 1 unspecified atom stereocenters. The maximum atomic E-state index is 13.7. The molecule has 2 nitrogen and oxygen atoms in total. The largest absolute Gasteiger partial charge is 0.349 e. The molecule has 0 heterocycles. The Labute approximate surface area is 114 Å². The quantitative estimate of drug-likeness (QED) is 0.863. The monoisotopic (exact) mass is 263 g/mol. The standard InChI is InChI=1S/C16H22FNO/c1-11-6-7-14(17)13(9-11)15(19)18-12-5-4-8-16(2,3)10-12/h6-7,9,12H,4-5,8,10H2,1-3H3,(H,18,19). The molecule has 1 aromatic carbocycles. The molecule has 1 atom stereocenters. The molecule has 1 aliphatic rings. The highest BCUT2D eigenvalue weighted by Gasteiger charge is 2.29. The lowest BCUT2D eigenvalue weighted by atomic mass is 9.75. The summed E-state index contributed by atoms with van der Waals surface area (Å²) in [6.45, 7) is 6.30. The van der Waals surface area contributed by atoms with Gasteiger partial charge in [-0.05, 0) is 43.7 Å². The number of hydrogen-bond acceptors (Lipinski definition) is 1. The summed E-state index contributed by atoms with van der Waals surface area (Å²) in [7, 11) is 0. The van der Waals surface area contributed by atoms with Crippen molar-refractivity contribution in [3.8, 4) is 0 Å². The molecule has 19 heavy (non-hydrogen) atoms. The normalized spacial score (nSPS) is 22.0. The Balaban J connectivity index is 2.06. The Morgan fingerprint density at radius 1 is 1.42 bits per heavy atom. The van der Waals surface area contributed by atoms with Crippen molar-refractivity contribution in [1.29, 1.82) is 0 Å². The minimum absolute atomic E-state index is 0.156. The lowest BCUT2D eigenvalue weighted by Gasteiger charge is -2.35. The van der Waals surface area contributed by atoms with Crippen molar-refractivity contribution < 1.29 is 9.18 Å². The SMILES string of the molecule is Cc1ccc(F)c(C(=O)NC2CCCC(C)(C)C2)c1. The van der Waals surface area contributed by atoms with Crippen LogP contribution in [-0.2, 0) is 0 Å². The van der Waals surface area contributed by atoms with Crippen molar-refractivity contribution >= 4 is 5.91 Å². The van der Waals surface area contributed by atoms with Gasteiger partial charge in [0, 0.05) is 6.04 Å². The lowest BCUT2D eigenvalue weighted by Crippen LogP contribution is -2.40. The van der Waals surface area contributed by atoms with E-state index in [1.807, 2.05) is 6.92 Å². The molecule has 0 radical (unpaired) electrons. The minimum Gasteiger partial charge on any atom is -0.349 e. The molecule has 1 N–H and O–H groups in total. The highest BCUT2D eigenvalue weighted by atomic mass is 19.1. The van der Waals surface area contributed by atoms with Crippen LogP contribution in [0.1, 0.15) is 55.5 Å². The van der Waals surface area contributed by atoms with E-state index in [1.54, 1.807) is 12.1 Å². The van der Waals surface area contributed by atoms with Gasteiger partial charge in [-0.25, -0.2) is 4.39 Å². The van der Waals surface area contributed by atoms with E-state index in [-0.39, 0.29) is 22.9 Å². The van der Waals surface area contributed by atoms with Gasteiger partial charge in [0.25, 0.3) is 5.91 Å². The number of aryl methyl sites for hydroxylation is 1. The van der Waals surface area contributed by atoms with Crippen LogP contribution in [0.5, 0.6) is 0 Å². The zero-order valence-corrected chi connectivity index (χ0v) is 11.9. The molecule has 104 valence electrons. The number of carbonyl (C=O) groups excluding carboxylic acids is 1. The van der Waals surface area contributed by atoms with Crippen LogP contribution in [0.15, 0.2) is 18.2 Å². The molecule has 1 aromatic rings. The third-order valence-electron chi connectivity index (χ3n) is 3.91. The number of rotatable bonds is 2. The van der Waals surface area contributed by atoms with E-state index in [9.17, 15) is 9.18 Å². The van der Waals surface area contributed by atoms with E-state index >= 15 is 0 Å². The average Bonchev–Trinajstić information content (AvgIpc) is 2.31. The van der Waals surface area contributed by atoms with E-state index in [1.165, 1.54) is 12.5 Å². The maximum absolute atomic E-state index is 13.7. The second-order valence-corrected chi connectivity index (χ2v) is 6.41. The Hall–Kier alpha value is -1.38. The van der Waals surface area contributed by atoms with Gasteiger partial charge in [0.05, 0.1) is 5.56 Å². The van der Waals surface area contributed by atoms with Crippen molar-refractivity contribution in [1.82, 2.24) is 5.32 Å². The molecule has 2 rings (SSSR count). The number of nitrogens with one attached hydrogen (secondary N) is 1. The highest BCUT2D eigenvalue weighted by molar-refractivity contribution is 5.94. The molecule has 1 amide bonds. The van der Waals surface area contributed by atoms with Gasteiger partial charge in [-0.1, -0.05) is 31.9 Å². The summed E-state index contributed by atoms with van der Waals surface area (Å²) in [5.41, 5.74) is 1.32. The minimum atomic E-state index is -0.446. The van der Waals surface area contributed by atoms with Crippen molar-refractivity contribution in [2.75, 3.05) is 0 Å². The Kier molecular flexibility index (Phi) is 3.93. The number of hydrogen-bond donors (Lipinski definition) is 1. The summed E-state index contributed by atoms with van der Waals surface area (Å²) < 4.78 is 13.7. The summed E-state index contributed by atoms with van der Waals surface area (Å²) in [6.07, 6.45) is 4.27. The first-order valence-corrected chi connectivity index (χ1v) is 6.94. The first-order chi connectivity index (χ1) is 8.87. The van der Waals surface area contributed by atoms with Crippen LogP contribution in [0, 0.1) is 18.2 Å². The summed E-state index contributed by atoms with van der Waals surface area (Å²) in [4.78, 5) is 12.1. The summed E-state index contributed by atoms with van der Waals surface area (Å²) in [6, 6.07) is 4.81. The predicted octanol–water partition coefficient (Wildman–Crippen LogP) is 3.83. The zero-order valence-electron chi connectivity index (χ0n) is 11.9. The topological polar surface area (TPSA) is 29.1 Å². The van der Waals surface area contributed by atoms with E-state index in [0.29, 0.717) is 0 Å². The van der Waals surface area contributed by atoms with Gasteiger partial charge in [0.2, 0.25) is 0 Å². The maximum Gasteiger partial charge on any atom is 0.254 e. The molecule has 1 aliphatic carbocycles. The van der Waals surface area contributed by atoms with Crippen LogP contribution in [0.25, 0.3) is 0 Å². The van der Waals surface area contributed by atoms with E-state index in [0.717, 1.165) is 24.8 Å². The number of amides is 1.